The summed E-state index contributed by atoms with van der Waals surface area (Å²) in [6.45, 7) is 2.18. The predicted octanol–water partition coefficient (Wildman–Crippen LogP) is 3.19. The average Bonchev–Trinajstić information content (AvgIpc) is 2.25. The first kappa shape index (κ1) is 12.1. The summed E-state index contributed by atoms with van der Waals surface area (Å²) in [6, 6.07) is 3.02. The van der Waals surface area contributed by atoms with Gasteiger partial charge in [-0.1, -0.05) is 32.6 Å². The highest BCUT2D eigenvalue weighted by atomic mass is 19.1. The van der Waals surface area contributed by atoms with Crippen molar-refractivity contribution in [3.8, 4) is 0 Å². The maximum atomic E-state index is 12.6. The Hall–Kier alpha value is -0.960. The first-order valence-electron chi connectivity index (χ1n) is 5.61. The Morgan fingerprint density at radius 2 is 2.13 bits per heavy atom. The van der Waals surface area contributed by atoms with Gasteiger partial charge in [0.25, 0.3) is 0 Å². The molecular weight excluding hydrogens is 191 g/mol. The van der Waals surface area contributed by atoms with Gasteiger partial charge in [0.05, 0.1) is 11.9 Å². The van der Waals surface area contributed by atoms with Crippen molar-refractivity contribution in [2.24, 2.45) is 5.73 Å². The lowest BCUT2D eigenvalue weighted by atomic mass is 10.1. The fourth-order valence-electron chi connectivity index (χ4n) is 1.55. The molecular formula is C12H19FN2. The van der Waals surface area contributed by atoms with Crippen LogP contribution in [0.25, 0.3) is 0 Å². The second-order valence-corrected chi connectivity index (χ2v) is 3.86. The number of nitrogens with zero attached hydrogens (tertiary/aromatic N) is 1. The topological polar surface area (TPSA) is 38.9 Å². The summed E-state index contributed by atoms with van der Waals surface area (Å²) >= 11 is 0. The number of pyridine rings is 1. The van der Waals surface area contributed by atoms with E-state index >= 15 is 0 Å². The van der Waals surface area contributed by atoms with Crippen LogP contribution in [-0.4, -0.2) is 4.98 Å². The van der Waals surface area contributed by atoms with E-state index in [2.05, 4.69) is 11.9 Å². The van der Waals surface area contributed by atoms with E-state index in [9.17, 15) is 4.39 Å². The van der Waals surface area contributed by atoms with Crippen molar-refractivity contribution >= 4 is 0 Å². The standard InChI is InChI=1S/C12H19FN2/c1-2-3-4-5-6-11(14)12-8-7-10(13)9-15-12/h7-9,11H,2-6,14H2,1H3. The van der Waals surface area contributed by atoms with Gasteiger partial charge >= 0.3 is 0 Å². The summed E-state index contributed by atoms with van der Waals surface area (Å²) in [5.74, 6) is -0.308. The predicted molar refractivity (Wildman–Crippen MR) is 59.9 cm³/mol. The van der Waals surface area contributed by atoms with Crippen molar-refractivity contribution in [3.05, 3.63) is 29.8 Å². The molecule has 0 aliphatic heterocycles. The molecule has 0 radical (unpaired) electrons. The van der Waals surface area contributed by atoms with E-state index in [1.165, 1.54) is 31.5 Å². The molecule has 1 atom stereocenters. The molecule has 1 rings (SSSR count). The zero-order valence-electron chi connectivity index (χ0n) is 9.25. The number of unbranched alkanes of at least 4 members (excludes halogenated alkanes) is 3. The van der Waals surface area contributed by atoms with Gasteiger partial charge in [-0.25, -0.2) is 4.39 Å². The van der Waals surface area contributed by atoms with Crippen LogP contribution < -0.4 is 5.73 Å². The normalized spacial score (nSPS) is 12.7. The Balaban J connectivity index is 2.33. The van der Waals surface area contributed by atoms with Crippen LogP contribution in [0.2, 0.25) is 0 Å². The number of hydrogen-bond donors (Lipinski definition) is 1. The summed E-state index contributed by atoms with van der Waals surface area (Å²) in [7, 11) is 0. The van der Waals surface area contributed by atoms with E-state index in [-0.39, 0.29) is 11.9 Å². The smallest absolute Gasteiger partial charge is 0.141 e. The highest BCUT2D eigenvalue weighted by Crippen LogP contribution is 2.15. The molecule has 15 heavy (non-hydrogen) atoms. The third-order valence-electron chi connectivity index (χ3n) is 2.50. The van der Waals surface area contributed by atoms with Crippen molar-refractivity contribution in [2.75, 3.05) is 0 Å². The third kappa shape index (κ3) is 4.38. The molecule has 1 aromatic heterocycles. The monoisotopic (exact) mass is 210 g/mol. The van der Waals surface area contributed by atoms with Gasteiger partial charge in [0.2, 0.25) is 0 Å². The van der Waals surface area contributed by atoms with Crippen LogP contribution >= 0.6 is 0 Å². The van der Waals surface area contributed by atoms with Crippen molar-refractivity contribution in [1.29, 1.82) is 0 Å². The van der Waals surface area contributed by atoms with Crippen molar-refractivity contribution in [2.45, 2.75) is 45.1 Å². The number of rotatable bonds is 6. The summed E-state index contributed by atoms with van der Waals surface area (Å²) in [5.41, 5.74) is 6.73. The maximum Gasteiger partial charge on any atom is 0.141 e. The second kappa shape index (κ2) is 6.51. The Labute approximate surface area is 90.7 Å². The van der Waals surface area contributed by atoms with Gasteiger partial charge in [0, 0.05) is 6.04 Å². The molecule has 0 fully saturated rings. The van der Waals surface area contributed by atoms with Gasteiger partial charge in [-0.15, -0.1) is 0 Å². The average molecular weight is 210 g/mol. The van der Waals surface area contributed by atoms with Crippen LogP contribution in [0.4, 0.5) is 4.39 Å². The minimum Gasteiger partial charge on any atom is -0.323 e. The summed E-state index contributed by atoms with van der Waals surface area (Å²) in [4.78, 5) is 3.98. The van der Waals surface area contributed by atoms with Crippen molar-refractivity contribution in [3.63, 3.8) is 0 Å². The van der Waals surface area contributed by atoms with E-state index in [0.717, 1.165) is 18.5 Å². The molecule has 1 unspecified atom stereocenters. The molecule has 0 amide bonds. The molecule has 3 heteroatoms. The zero-order valence-corrected chi connectivity index (χ0v) is 9.25. The Morgan fingerprint density at radius 1 is 1.33 bits per heavy atom. The van der Waals surface area contributed by atoms with Crippen molar-refractivity contribution < 1.29 is 4.39 Å². The van der Waals surface area contributed by atoms with E-state index < -0.39 is 0 Å². The molecule has 0 aliphatic carbocycles. The fraction of sp³-hybridized carbons (Fsp3) is 0.583. The van der Waals surface area contributed by atoms with Gasteiger partial charge in [-0.3, -0.25) is 4.98 Å². The molecule has 0 saturated heterocycles. The molecule has 0 bridgehead atoms. The fourth-order valence-corrected chi connectivity index (χ4v) is 1.55. The molecule has 1 aromatic rings. The number of hydrogen-bond acceptors (Lipinski definition) is 2. The highest BCUT2D eigenvalue weighted by molar-refractivity contribution is 5.09. The van der Waals surface area contributed by atoms with E-state index in [1.807, 2.05) is 0 Å². The van der Waals surface area contributed by atoms with Gasteiger partial charge < -0.3 is 5.73 Å². The SMILES string of the molecule is CCCCCCC(N)c1ccc(F)cn1. The molecule has 2 N–H and O–H groups in total. The second-order valence-electron chi connectivity index (χ2n) is 3.86. The summed E-state index contributed by atoms with van der Waals surface area (Å²) < 4.78 is 12.6. The molecule has 0 aliphatic rings. The summed E-state index contributed by atoms with van der Waals surface area (Å²) in [6.07, 6.45) is 6.97. The largest absolute Gasteiger partial charge is 0.323 e. The molecule has 0 spiro atoms. The molecule has 84 valence electrons. The summed E-state index contributed by atoms with van der Waals surface area (Å²) in [5, 5.41) is 0. The van der Waals surface area contributed by atoms with Crippen molar-refractivity contribution in [1.82, 2.24) is 4.98 Å². The molecule has 0 saturated carbocycles. The quantitative estimate of drug-likeness (QED) is 0.732. The molecule has 0 aromatic carbocycles. The van der Waals surface area contributed by atoms with Crippen LogP contribution in [0.3, 0.4) is 0 Å². The zero-order chi connectivity index (χ0) is 11.1. The number of nitrogens with two attached hydrogens (primary N) is 1. The number of aromatic nitrogens is 1. The van der Waals surface area contributed by atoms with Crippen LogP contribution in [0.15, 0.2) is 18.3 Å². The first-order chi connectivity index (χ1) is 7.24. The van der Waals surface area contributed by atoms with Crippen LogP contribution in [0.5, 0.6) is 0 Å². The van der Waals surface area contributed by atoms with Gasteiger partial charge in [0.15, 0.2) is 0 Å². The lowest BCUT2D eigenvalue weighted by molar-refractivity contribution is 0.553. The minimum absolute atomic E-state index is 0.0533. The third-order valence-corrected chi connectivity index (χ3v) is 2.50. The van der Waals surface area contributed by atoms with E-state index in [4.69, 9.17) is 5.73 Å². The molecule has 2 nitrogen and oxygen atoms in total. The van der Waals surface area contributed by atoms with Crippen LogP contribution in [0, 0.1) is 5.82 Å². The van der Waals surface area contributed by atoms with Gasteiger partial charge in [0.1, 0.15) is 5.82 Å². The van der Waals surface area contributed by atoms with Gasteiger partial charge in [-0.05, 0) is 18.6 Å². The van der Waals surface area contributed by atoms with E-state index in [0.29, 0.717) is 0 Å². The van der Waals surface area contributed by atoms with E-state index in [1.54, 1.807) is 6.07 Å². The Morgan fingerprint density at radius 3 is 2.73 bits per heavy atom. The lowest BCUT2D eigenvalue weighted by Crippen LogP contribution is -2.11. The van der Waals surface area contributed by atoms with Crippen LogP contribution in [-0.2, 0) is 0 Å². The Bertz CT molecular complexity index is 271. The first-order valence-corrected chi connectivity index (χ1v) is 5.61. The number of halogens is 1. The minimum atomic E-state index is -0.308. The van der Waals surface area contributed by atoms with Gasteiger partial charge in [-0.2, -0.15) is 0 Å². The highest BCUT2D eigenvalue weighted by Gasteiger charge is 2.06. The lowest BCUT2D eigenvalue weighted by Gasteiger charge is -2.10. The van der Waals surface area contributed by atoms with Crippen LogP contribution in [0.1, 0.15) is 50.8 Å². The molecule has 1 heterocycles. The Kier molecular flexibility index (Phi) is 5.26. The maximum absolute atomic E-state index is 12.6.